The fourth-order valence-corrected chi connectivity index (χ4v) is 9.04. The van der Waals surface area contributed by atoms with Gasteiger partial charge in [0, 0.05) is 22.9 Å². The van der Waals surface area contributed by atoms with Crippen LogP contribution in [0.1, 0.15) is 192 Å². The standard InChI is InChI=1S/C58H86NO4Si/c1-14-16-18-20-22-27-38-61-52-36-34-45(55(3,4)5)41-49(52)58(60,50-42-46(56(6,7)8)35-37-53(50)62-39-28-23-21-19-17-15-2)54(40-44-30-25-24-26-31-44)59-43-47-48(57(9,10)11)32-29-33-51(47)63-64(12)13/h24-26,29-37,41-43,54,60H,14-23,27-28,38-40H2,1-13H3. The fraction of sp³-hybridized carbons (Fsp3) is 0.569. The van der Waals surface area contributed by atoms with E-state index in [1.165, 1.54) is 51.4 Å². The quantitative estimate of drug-likeness (QED) is 0.0409. The highest BCUT2D eigenvalue weighted by Gasteiger charge is 2.46. The number of hydrogen-bond acceptors (Lipinski definition) is 5. The van der Waals surface area contributed by atoms with Crippen LogP contribution in [-0.4, -0.2) is 39.6 Å². The zero-order chi connectivity index (χ0) is 47.0. The van der Waals surface area contributed by atoms with E-state index >= 15 is 0 Å². The lowest BCUT2D eigenvalue weighted by molar-refractivity contribution is 0.0460. The summed E-state index contributed by atoms with van der Waals surface area (Å²) in [4.78, 5) is 5.64. The topological polar surface area (TPSA) is 60.3 Å². The third kappa shape index (κ3) is 15.4. The van der Waals surface area contributed by atoms with Gasteiger partial charge >= 0.3 is 0 Å². The number of unbranched alkanes of at least 4 members (excludes halogenated alkanes) is 10. The summed E-state index contributed by atoms with van der Waals surface area (Å²) >= 11 is 0. The summed E-state index contributed by atoms with van der Waals surface area (Å²) < 4.78 is 20.4. The van der Waals surface area contributed by atoms with Crippen LogP contribution in [0.5, 0.6) is 17.2 Å². The Morgan fingerprint density at radius 1 is 0.547 bits per heavy atom. The smallest absolute Gasteiger partial charge is 0.274 e. The number of benzene rings is 4. The Kier molecular flexibility index (Phi) is 20.3. The normalized spacial score (nSPS) is 13.2. The molecule has 0 heterocycles. The van der Waals surface area contributed by atoms with Crippen LogP contribution in [0.25, 0.3) is 0 Å². The highest BCUT2D eigenvalue weighted by atomic mass is 28.3. The Morgan fingerprint density at radius 2 is 1.03 bits per heavy atom. The van der Waals surface area contributed by atoms with Gasteiger partial charge in [0.15, 0.2) is 0 Å². The number of aliphatic hydroxyl groups is 1. The summed E-state index contributed by atoms with van der Waals surface area (Å²) in [7, 11) is -1.10. The first-order chi connectivity index (χ1) is 30.3. The maximum Gasteiger partial charge on any atom is 0.274 e. The van der Waals surface area contributed by atoms with Crippen LogP contribution < -0.4 is 13.9 Å². The molecule has 0 bridgehead atoms. The predicted molar refractivity (Wildman–Crippen MR) is 276 cm³/mol. The Morgan fingerprint density at radius 3 is 1.48 bits per heavy atom. The number of nitrogens with zero attached hydrogens (tertiary/aromatic N) is 1. The third-order valence-corrected chi connectivity index (χ3v) is 13.0. The van der Waals surface area contributed by atoms with Crippen molar-refractivity contribution in [1.29, 1.82) is 0 Å². The van der Waals surface area contributed by atoms with Crippen molar-refractivity contribution in [3.05, 3.63) is 124 Å². The lowest BCUT2D eigenvalue weighted by Gasteiger charge is -2.39. The second-order valence-corrected chi connectivity index (χ2v) is 23.4. The molecule has 1 atom stereocenters. The number of rotatable bonds is 25. The van der Waals surface area contributed by atoms with Gasteiger partial charge in [-0.15, -0.1) is 0 Å². The molecule has 0 saturated carbocycles. The van der Waals surface area contributed by atoms with E-state index in [1.807, 2.05) is 12.3 Å². The second-order valence-electron chi connectivity index (χ2n) is 21.4. The van der Waals surface area contributed by atoms with E-state index in [4.69, 9.17) is 18.9 Å². The molecule has 351 valence electrons. The average Bonchev–Trinajstić information content (AvgIpc) is 3.23. The first kappa shape index (κ1) is 52.7. The monoisotopic (exact) mass is 889 g/mol. The summed E-state index contributed by atoms with van der Waals surface area (Å²) in [6, 6.07) is 29.1. The van der Waals surface area contributed by atoms with Crippen molar-refractivity contribution < 1.29 is 19.0 Å². The van der Waals surface area contributed by atoms with Crippen molar-refractivity contribution in [1.82, 2.24) is 0 Å². The van der Waals surface area contributed by atoms with Gasteiger partial charge in [-0.05, 0) is 101 Å². The van der Waals surface area contributed by atoms with E-state index < -0.39 is 20.7 Å². The van der Waals surface area contributed by atoms with Crippen LogP contribution in [-0.2, 0) is 28.3 Å². The maximum atomic E-state index is 14.6. The van der Waals surface area contributed by atoms with Crippen LogP contribution in [0.2, 0.25) is 13.1 Å². The molecule has 0 saturated heterocycles. The van der Waals surface area contributed by atoms with Crippen molar-refractivity contribution in [2.24, 2.45) is 4.99 Å². The van der Waals surface area contributed by atoms with Crippen LogP contribution in [0.15, 0.2) is 89.9 Å². The lowest BCUT2D eigenvalue weighted by Crippen LogP contribution is -2.42. The zero-order valence-electron chi connectivity index (χ0n) is 42.5. The summed E-state index contributed by atoms with van der Waals surface area (Å²) in [5.74, 6) is 2.19. The Bertz CT molecular complexity index is 1940. The summed E-state index contributed by atoms with van der Waals surface area (Å²) in [5.41, 5.74) is 4.56. The van der Waals surface area contributed by atoms with E-state index in [0.717, 1.165) is 59.3 Å². The Hall–Kier alpha value is -3.87. The molecule has 0 aliphatic heterocycles. The van der Waals surface area contributed by atoms with Crippen LogP contribution in [0, 0.1) is 0 Å². The molecule has 1 N–H and O–H groups in total. The van der Waals surface area contributed by atoms with Gasteiger partial charge in [0.25, 0.3) is 9.04 Å². The maximum absolute atomic E-state index is 14.6. The van der Waals surface area contributed by atoms with Crippen LogP contribution in [0.4, 0.5) is 0 Å². The molecule has 0 aliphatic carbocycles. The van der Waals surface area contributed by atoms with Crippen LogP contribution >= 0.6 is 0 Å². The van der Waals surface area contributed by atoms with E-state index in [-0.39, 0.29) is 16.2 Å². The van der Waals surface area contributed by atoms with Crippen LogP contribution in [0.3, 0.4) is 0 Å². The molecule has 6 heteroatoms. The predicted octanol–water partition coefficient (Wildman–Crippen LogP) is 15.7. The minimum absolute atomic E-state index is 0.183. The van der Waals surface area contributed by atoms with E-state index in [2.05, 4.69) is 168 Å². The summed E-state index contributed by atoms with van der Waals surface area (Å²) in [6.45, 7) is 30.1. The molecule has 0 fully saturated rings. The summed E-state index contributed by atoms with van der Waals surface area (Å²) in [5, 5.41) is 14.6. The molecule has 0 amide bonds. The second kappa shape index (κ2) is 24.6. The number of ether oxygens (including phenoxy) is 2. The molecule has 4 aromatic carbocycles. The Balaban J connectivity index is 2.09. The van der Waals surface area contributed by atoms with Gasteiger partial charge in [-0.3, -0.25) is 4.99 Å². The minimum atomic E-state index is -1.70. The molecule has 4 rings (SSSR count). The minimum Gasteiger partial charge on any atom is -0.542 e. The molecule has 0 aromatic heterocycles. The SMILES string of the molecule is CCCCCCCCOc1ccc(C(C)(C)C)cc1C(O)(c1cc(C(C)(C)C)ccc1OCCCCCCCC)C(Cc1ccccc1)N=Cc1c(O[Si](C)C)cccc1C(C)(C)C. The van der Waals surface area contributed by atoms with Gasteiger partial charge in [0.2, 0.25) is 0 Å². The molecule has 1 unspecified atom stereocenters. The molecule has 4 aromatic rings. The van der Waals surface area contributed by atoms with Crippen molar-refractivity contribution in [3.63, 3.8) is 0 Å². The third-order valence-electron chi connectivity index (χ3n) is 12.3. The van der Waals surface area contributed by atoms with Crippen molar-refractivity contribution in [3.8, 4) is 17.2 Å². The summed E-state index contributed by atoms with van der Waals surface area (Å²) in [6.07, 6.45) is 16.4. The van der Waals surface area contributed by atoms with E-state index in [1.54, 1.807) is 0 Å². The highest BCUT2D eigenvalue weighted by molar-refractivity contribution is 6.49. The van der Waals surface area contributed by atoms with Gasteiger partial charge in [-0.25, -0.2) is 0 Å². The molecule has 5 nitrogen and oxygen atoms in total. The van der Waals surface area contributed by atoms with Gasteiger partial charge in [0.1, 0.15) is 22.8 Å². The molecule has 0 aliphatic rings. The number of hydrogen-bond donors (Lipinski definition) is 1. The van der Waals surface area contributed by atoms with Gasteiger partial charge < -0.3 is 19.0 Å². The first-order valence-corrected chi connectivity index (χ1v) is 27.2. The van der Waals surface area contributed by atoms with Crippen molar-refractivity contribution in [2.75, 3.05) is 13.2 Å². The van der Waals surface area contributed by atoms with E-state index in [9.17, 15) is 5.11 Å². The fourth-order valence-electron chi connectivity index (χ4n) is 8.42. The number of aliphatic imine (C=N–C) groups is 1. The molecule has 0 spiro atoms. The lowest BCUT2D eigenvalue weighted by atomic mass is 9.73. The first-order valence-electron chi connectivity index (χ1n) is 24.8. The molecule has 64 heavy (non-hydrogen) atoms. The Labute approximate surface area is 392 Å². The largest absolute Gasteiger partial charge is 0.542 e. The molecular formula is C58H86NO4Si. The van der Waals surface area contributed by atoms with Gasteiger partial charge in [-0.1, -0.05) is 195 Å². The van der Waals surface area contributed by atoms with Crippen molar-refractivity contribution in [2.45, 2.75) is 201 Å². The zero-order valence-corrected chi connectivity index (χ0v) is 43.5. The highest BCUT2D eigenvalue weighted by Crippen LogP contribution is 2.47. The van der Waals surface area contributed by atoms with Gasteiger partial charge in [-0.2, -0.15) is 0 Å². The average molecular weight is 889 g/mol. The molecular weight excluding hydrogens is 803 g/mol. The van der Waals surface area contributed by atoms with Crippen molar-refractivity contribution >= 4 is 15.3 Å². The van der Waals surface area contributed by atoms with Gasteiger partial charge in [0.05, 0.1) is 19.3 Å². The van der Waals surface area contributed by atoms with E-state index in [0.29, 0.717) is 42.3 Å². The molecule has 1 radical (unpaired) electrons.